The van der Waals surface area contributed by atoms with Gasteiger partial charge in [0.05, 0.1) is 12.0 Å². The molecule has 0 saturated carbocycles. The number of methoxy groups -OCH3 is 1. The SMILES string of the molecule is COc1ccc(O)c(O)c1[N+](=O)[O-]. The molecule has 0 atom stereocenters. The summed E-state index contributed by atoms with van der Waals surface area (Å²) in [6.07, 6.45) is 0. The number of ether oxygens (including phenoxy) is 1. The van der Waals surface area contributed by atoms with E-state index in [1.807, 2.05) is 0 Å². The summed E-state index contributed by atoms with van der Waals surface area (Å²) in [4.78, 5) is 9.58. The minimum absolute atomic E-state index is 0.0969. The molecule has 0 aliphatic heterocycles. The second kappa shape index (κ2) is 3.18. The van der Waals surface area contributed by atoms with E-state index in [0.717, 1.165) is 6.07 Å². The van der Waals surface area contributed by atoms with Gasteiger partial charge in [0, 0.05) is 0 Å². The van der Waals surface area contributed by atoms with Gasteiger partial charge in [-0.2, -0.15) is 0 Å². The Labute approximate surface area is 73.2 Å². The van der Waals surface area contributed by atoms with Crippen molar-refractivity contribution in [2.24, 2.45) is 0 Å². The number of nitro benzene ring substituents is 1. The van der Waals surface area contributed by atoms with Gasteiger partial charge in [0.15, 0.2) is 5.75 Å². The molecule has 6 nitrogen and oxygen atoms in total. The summed E-state index contributed by atoms with van der Waals surface area (Å²) in [7, 11) is 1.23. The molecule has 70 valence electrons. The van der Waals surface area contributed by atoms with Crippen molar-refractivity contribution < 1.29 is 19.9 Å². The maximum absolute atomic E-state index is 10.4. The maximum atomic E-state index is 10.4. The third-order valence-electron chi connectivity index (χ3n) is 1.50. The lowest BCUT2D eigenvalue weighted by Gasteiger charge is -2.03. The molecule has 1 rings (SSSR count). The zero-order valence-electron chi connectivity index (χ0n) is 6.72. The first-order chi connectivity index (χ1) is 6.07. The highest BCUT2D eigenvalue weighted by molar-refractivity contribution is 5.62. The number of hydrogen-bond donors (Lipinski definition) is 2. The highest BCUT2D eigenvalue weighted by Crippen LogP contribution is 2.41. The predicted octanol–water partition coefficient (Wildman–Crippen LogP) is 1.01. The lowest BCUT2D eigenvalue weighted by Crippen LogP contribution is -1.93. The molecule has 0 radical (unpaired) electrons. The van der Waals surface area contributed by atoms with Crippen molar-refractivity contribution in [2.45, 2.75) is 0 Å². The summed E-state index contributed by atoms with van der Waals surface area (Å²) in [5.41, 5.74) is -0.637. The van der Waals surface area contributed by atoms with Crippen LogP contribution in [0, 0.1) is 10.1 Å². The minimum Gasteiger partial charge on any atom is -0.504 e. The molecular formula is C7H7NO5. The fraction of sp³-hybridized carbons (Fsp3) is 0.143. The third-order valence-corrected chi connectivity index (χ3v) is 1.50. The number of nitrogens with zero attached hydrogens (tertiary/aromatic N) is 1. The molecule has 2 N–H and O–H groups in total. The Morgan fingerprint density at radius 1 is 1.46 bits per heavy atom. The summed E-state index contributed by atoms with van der Waals surface area (Å²) in [5, 5.41) is 28.5. The van der Waals surface area contributed by atoms with Crippen molar-refractivity contribution in [1.82, 2.24) is 0 Å². The van der Waals surface area contributed by atoms with E-state index in [1.54, 1.807) is 0 Å². The smallest absolute Gasteiger partial charge is 0.356 e. The van der Waals surface area contributed by atoms with Crippen molar-refractivity contribution >= 4 is 5.69 Å². The molecule has 1 aromatic carbocycles. The summed E-state index contributed by atoms with van der Waals surface area (Å²) < 4.78 is 4.63. The number of benzene rings is 1. The first-order valence-electron chi connectivity index (χ1n) is 3.31. The van der Waals surface area contributed by atoms with Gasteiger partial charge >= 0.3 is 5.69 Å². The molecule has 0 spiro atoms. The molecule has 0 amide bonds. The van der Waals surface area contributed by atoms with E-state index in [0.29, 0.717) is 0 Å². The zero-order chi connectivity index (χ0) is 10.0. The van der Waals surface area contributed by atoms with Gasteiger partial charge in [-0.25, -0.2) is 0 Å². The molecule has 0 bridgehead atoms. The van der Waals surface area contributed by atoms with E-state index in [9.17, 15) is 10.1 Å². The third kappa shape index (κ3) is 1.46. The Hall–Kier alpha value is -1.98. The summed E-state index contributed by atoms with van der Waals surface area (Å²) in [5.74, 6) is -1.43. The number of phenolic OH excluding ortho intramolecular Hbond substituents is 2. The van der Waals surface area contributed by atoms with E-state index >= 15 is 0 Å². The van der Waals surface area contributed by atoms with Crippen molar-refractivity contribution in [3.05, 3.63) is 22.2 Å². The van der Waals surface area contributed by atoms with Crippen LogP contribution in [0.15, 0.2) is 12.1 Å². The Balaban J connectivity index is 3.41. The van der Waals surface area contributed by atoms with Gasteiger partial charge < -0.3 is 14.9 Å². The molecule has 0 aromatic heterocycles. The molecular weight excluding hydrogens is 178 g/mol. The average molecular weight is 185 g/mol. The van der Waals surface area contributed by atoms with Crippen molar-refractivity contribution in [3.8, 4) is 17.2 Å². The molecule has 0 fully saturated rings. The predicted molar refractivity (Wildman–Crippen MR) is 43.0 cm³/mol. The second-order valence-electron chi connectivity index (χ2n) is 2.24. The van der Waals surface area contributed by atoms with Gasteiger partial charge in [-0.1, -0.05) is 0 Å². The second-order valence-corrected chi connectivity index (χ2v) is 2.24. The van der Waals surface area contributed by atoms with Crippen LogP contribution in [0.25, 0.3) is 0 Å². The van der Waals surface area contributed by atoms with Crippen LogP contribution in [0.2, 0.25) is 0 Å². The van der Waals surface area contributed by atoms with Gasteiger partial charge in [0.1, 0.15) is 0 Å². The number of rotatable bonds is 2. The number of hydrogen-bond acceptors (Lipinski definition) is 5. The quantitative estimate of drug-likeness (QED) is 0.407. The van der Waals surface area contributed by atoms with Crippen LogP contribution in [0.5, 0.6) is 17.2 Å². The monoisotopic (exact) mass is 185 g/mol. The largest absolute Gasteiger partial charge is 0.504 e. The maximum Gasteiger partial charge on any atom is 0.356 e. The van der Waals surface area contributed by atoms with Crippen LogP contribution in [0.4, 0.5) is 5.69 Å². The molecule has 0 saturated heterocycles. The summed E-state index contributed by atoms with van der Waals surface area (Å²) in [6, 6.07) is 2.31. The summed E-state index contributed by atoms with van der Waals surface area (Å²) in [6.45, 7) is 0. The van der Waals surface area contributed by atoms with Gasteiger partial charge in [0.25, 0.3) is 0 Å². The van der Waals surface area contributed by atoms with Crippen molar-refractivity contribution in [3.63, 3.8) is 0 Å². The van der Waals surface area contributed by atoms with Gasteiger partial charge in [-0.3, -0.25) is 10.1 Å². The van der Waals surface area contributed by atoms with E-state index in [2.05, 4.69) is 4.74 Å². The fourth-order valence-corrected chi connectivity index (χ4v) is 0.892. The standard InChI is InChI=1S/C7H7NO5/c1-13-5-3-2-4(9)7(10)6(5)8(11)12/h2-3,9-10H,1H3. The fourth-order valence-electron chi connectivity index (χ4n) is 0.892. The van der Waals surface area contributed by atoms with E-state index < -0.39 is 22.1 Å². The van der Waals surface area contributed by atoms with E-state index in [-0.39, 0.29) is 5.75 Å². The minimum atomic E-state index is -0.826. The van der Waals surface area contributed by atoms with E-state index in [4.69, 9.17) is 10.2 Å². The lowest BCUT2D eigenvalue weighted by molar-refractivity contribution is -0.386. The average Bonchev–Trinajstić information content (AvgIpc) is 2.08. The first kappa shape index (κ1) is 9.11. The van der Waals surface area contributed by atoms with Crippen LogP contribution in [-0.2, 0) is 0 Å². The molecule has 1 aromatic rings. The van der Waals surface area contributed by atoms with Crippen molar-refractivity contribution in [2.75, 3.05) is 7.11 Å². The highest BCUT2D eigenvalue weighted by atomic mass is 16.6. The molecule has 6 heteroatoms. The molecule has 0 unspecified atom stereocenters. The molecule has 0 aliphatic rings. The van der Waals surface area contributed by atoms with Crippen LogP contribution in [0.3, 0.4) is 0 Å². The van der Waals surface area contributed by atoms with Crippen LogP contribution >= 0.6 is 0 Å². The van der Waals surface area contributed by atoms with Crippen LogP contribution in [-0.4, -0.2) is 22.2 Å². The number of aromatic hydroxyl groups is 2. The number of phenols is 2. The Kier molecular flexibility index (Phi) is 2.23. The van der Waals surface area contributed by atoms with Crippen LogP contribution < -0.4 is 4.74 Å². The number of nitro groups is 1. The molecule has 0 heterocycles. The summed E-state index contributed by atoms with van der Waals surface area (Å²) >= 11 is 0. The Bertz CT molecular complexity index is 349. The molecule has 0 aliphatic carbocycles. The highest BCUT2D eigenvalue weighted by Gasteiger charge is 2.23. The van der Waals surface area contributed by atoms with Gasteiger partial charge in [0.2, 0.25) is 11.5 Å². The Morgan fingerprint density at radius 2 is 2.08 bits per heavy atom. The van der Waals surface area contributed by atoms with Gasteiger partial charge in [-0.15, -0.1) is 0 Å². The van der Waals surface area contributed by atoms with E-state index in [1.165, 1.54) is 13.2 Å². The first-order valence-corrected chi connectivity index (χ1v) is 3.31. The lowest BCUT2D eigenvalue weighted by atomic mass is 10.2. The van der Waals surface area contributed by atoms with Crippen molar-refractivity contribution in [1.29, 1.82) is 0 Å². The Morgan fingerprint density at radius 3 is 2.54 bits per heavy atom. The topological polar surface area (TPSA) is 92.8 Å². The molecule has 13 heavy (non-hydrogen) atoms. The zero-order valence-corrected chi connectivity index (χ0v) is 6.72. The van der Waals surface area contributed by atoms with Gasteiger partial charge in [-0.05, 0) is 12.1 Å². The normalized spacial score (nSPS) is 9.62. The van der Waals surface area contributed by atoms with Crippen LogP contribution in [0.1, 0.15) is 0 Å².